The molecule has 3 aromatic heterocycles. The van der Waals surface area contributed by atoms with Gasteiger partial charge >= 0.3 is 6.18 Å². The van der Waals surface area contributed by atoms with Crippen molar-refractivity contribution in [3.63, 3.8) is 0 Å². The maximum absolute atomic E-state index is 14.7. The fourth-order valence-corrected chi connectivity index (χ4v) is 5.67. The van der Waals surface area contributed by atoms with Crippen LogP contribution in [0, 0.1) is 5.82 Å². The van der Waals surface area contributed by atoms with Gasteiger partial charge in [-0.2, -0.15) is 13.2 Å². The molecular weight excluding hydrogens is 598 g/mol. The van der Waals surface area contributed by atoms with Crippen molar-refractivity contribution >= 4 is 23.3 Å². The number of amides is 1. The lowest BCUT2D eigenvalue weighted by atomic mass is 10.0. The predicted molar refractivity (Wildman–Crippen MR) is 161 cm³/mol. The maximum atomic E-state index is 14.7. The molecule has 230 valence electrons. The fraction of sp³-hybridized carbons (Fsp3) is 0.290. The molecule has 1 N–H and O–H groups in total. The van der Waals surface area contributed by atoms with Gasteiger partial charge in [0.2, 0.25) is 0 Å². The Labute approximate surface area is 254 Å². The lowest BCUT2D eigenvalue weighted by molar-refractivity contribution is -0.141. The summed E-state index contributed by atoms with van der Waals surface area (Å²) in [6, 6.07) is 7.44. The zero-order chi connectivity index (χ0) is 31.6. The lowest BCUT2D eigenvalue weighted by Gasteiger charge is -2.29. The Hall–Kier alpha value is -4.36. The van der Waals surface area contributed by atoms with Crippen LogP contribution in [0.25, 0.3) is 33.6 Å². The van der Waals surface area contributed by atoms with Crippen LogP contribution in [0.5, 0.6) is 5.75 Å². The minimum absolute atomic E-state index is 0.0669. The van der Waals surface area contributed by atoms with Crippen LogP contribution in [0.3, 0.4) is 0 Å². The molecule has 0 saturated carbocycles. The van der Waals surface area contributed by atoms with Gasteiger partial charge in [0, 0.05) is 49.4 Å². The van der Waals surface area contributed by atoms with E-state index < -0.39 is 23.2 Å². The Morgan fingerprint density at radius 1 is 1.14 bits per heavy atom. The molecule has 0 atom stereocenters. The van der Waals surface area contributed by atoms with E-state index in [9.17, 15) is 27.2 Å². The number of alkyl halides is 3. The molecule has 0 bridgehead atoms. The number of carbonyl (C=O) groups is 1. The summed E-state index contributed by atoms with van der Waals surface area (Å²) >= 11 is 1.09. The number of nitrogens with one attached hydrogen (secondary N) is 1. The Morgan fingerprint density at radius 3 is 2.52 bits per heavy atom. The van der Waals surface area contributed by atoms with E-state index in [4.69, 9.17) is 4.74 Å². The van der Waals surface area contributed by atoms with Crippen molar-refractivity contribution in [3.05, 3.63) is 86.7 Å². The minimum Gasteiger partial charge on any atom is -0.492 e. The molecular formula is C31H29F4N5O3S. The zero-order valence-electron chi connectivity index (χ0n) is 24.2. The smallest absolute Gasteiger partial charge is 0.433 e. The Balaban J connectivity index is 1.75. The molecule has 1 aromatic carbocycles. The SMILES string of the molecule is CCOc1ccc(F)cc1-n1c(C=C(C)C)c(C(=O)N2CCNCC2)cc(-c2nc(-c3ccc(C(F)(F)F)nc3)cs2)c1=O. The van der Waals surface area contributed by atoms with E-state index >= 15 is 0 Å². The third-order valence-electron chi connectivity index (χ3n) is 6.85. The first kappa shape index (κ1) is 31.1. The number of allylic oxidation sites excluding steroid dienone is 1. The maximum Gasteiger partial charge on any atom is 0.433 e. The van der Waals surface area contributed by atoms with E-state index in [0.29, 0.717) is 37.4 Å². The molecule has 0 spiro atoms. The molecule has 4 heterocycles. The van der Waals surface area contributed by atoms with Gasteiger partial charge in [0.1, 0.15) is 22.3 Å². The number of piperazine rings is 1. The molecule has 4 aromatic rings. The second kappa shape index (κ2) is 12.7. The average molecular weight is 628 g/mol. The minimum atomic E-state index is -4.59. The number of benzene rings is 1. The third kappa shape index (κ3) is 6.43. The van der Waals surface area contributed by atoms with Gasteiger partial charge < -0.3 is 15.0 Å². The Morgan fingerprint density at radius 2 is 1.89 bits per heavy atom. The van der Waals surface area contributed by atoms with Crippen molar-refractivity contribution in [2.45, 2.75) is 26.9 Å². The van der Waals surface area contributed by atoms with Gasteiger partial charge in [-0.05, 0) is 57.2 Å². The van der Waals surface area contributed by atoms with Crippen LogP contribution in [0.4, 0.5) is 17.6 Å². The highest BCUT2D eigenvalue weighted by Crippen LogP contribution is 2.33. The van der Waals surface area contributed by atoms with E-state index in [1.54, 1.807) is 23.3 Å². The molecule has 44 heavy (non-hydrogen) atoms. The summed E-state index contributed by atoms with van der Waals surface area (Å²) in [6.07, 6.45) is -1.82. The largest absolute Gasteiger partial charge is 0.492 e. The van der Waals surface area contributed by atoms with Gasteiger partial charge in [-0.1, -0.05) is 5.57 Å². The van der Waals surface area contributed by atoms with Gasteiger partial charge in [-0.25, -0.2) is 9.37 Å². The van der Waals surface area contributed by atoms with E-state index in [1.165, 1.54) is 34.9 Å². The zero-order valence-corrected chi connectivity index (χ0v) is 25.0. The topological polar surface area (TPSA) is 89.3 Å². The van der Waals surface area contributed by atoms with Crippen LogP contribution in [-0.2, 0) is 6.18 Å². The highest BCUT2D eigenvalue weighted by Gasteiger charge is 2.32. The number of hydrogen-bond donors (Lipinski definition) is 1. The molecule has 13 heteroatoms. The predicted octanol–water partition coefficient (Wildman–Crippen LogP) is 6.05. The van der Waals surface area contributed by atoms with Crippen LogP contribution in [-0.4, -0.2) is 58.1 Å². The van der Waals surface area contributed by atoms with Crippen molar-refractivity contribution in [2.24, 2.45) is 0 Å². The van der Waals surface area contributed by atoms with Crippen LogP contribution < -0.4 is 15.6 Å². The normalized spacial score (nSPS) is 13.6. The summed E-state index contributed by atoms with van der Waals surface area (Å²) in [5.41, 5.74) is 0.463. The molecule has 8 nitrogen and oxygen atoms in total. The van der Waals surface area contributed by atoms with Crippen LogP contribution in [0.15, 0.2) is 58.3 Å². The number of ether oxygens (including phenoxy) is 1. The van der Waals surface area contributed by atoms with Crippen LogP contribution >= 0.6 is 11.3 Å². The van der Waals surface area contributed by atoms with E-state index in [-0.39, 0.29) is 45.8 Å². The highest BCUT2D eigenvalue weighted by atomic mass is 32.1. The molecule has 0 radical (unpaired) electrons. The first-order valence-corrected chi connectivity index (χ1v) is 14.7. The number of rotatable bonds is 7. The van der Waals surface area contributed by atoms with Crippen LogP contribution in [0.1, 0.15) is 42.5 Å². The van der Waals surface area contributed by atoms with Crippen molar-refractivity contribution < 1.29 is 27.1 Å². The Kier molecular flexibility index (Phi) is 8.97. The summed E-state index contributed by atoms with van der Waals surface area (Å²) in [6.45, 7) is 7.76. The number of thiazole rings is 1. The van der Waals surface area contributed by atoms with Crippen molar-refractivity contribution in [2.75, 3.05) is 32.8 Å². The molecule has 0 unspecified atom stereocenters. The van der Waals surface area contributed by atoms with Gasteiger partial charge in [-0.3, -0.25) is 19.1 Å². The summed E-state index contributed by atoms with van der Waals surface area (Å²) in [5.74, 6) is -0.676. The Bertz CT molecular complexity index is 1770. The van der Waals surface area contributed by atoms with Gasteiger partial charge in [0.25, 0.3) is 11.5 Å². The molecule has 1 aliphatic heterocycles. The quantitative estimate of drug-likeness (QED) is 0.251. The molecule has 1 aliphatic rings. The monoisotopic (exact) mass is 627 g/mol. The number of aromatic nitrogens is 3. The number of halogens is 4. The van der Waals surface area contributed by atoms with E-state index in [0.717, 1.165) is 29.2 Å². The second-order valence-electron chi connectivity index (χ2n) is 10.3. The first-order valence-electron chi connectivity index (χ1n) is 13.8. The second-order valence-corrected chi connectivity index (χ2v) is 11.1. The van der Waals surface area contributed by atoms with Crippen LogP contribution in [0.2, 0.25) is 0 Å². The summed E-state index contributed by atoms with van der Waals surface area (Å²) in [4.78, 5) is 38.1. The number of hydrogen-bond acceptors (Lipinski definition) is 7. The van der Waals surface area contributed by atoms with E-state index in [2.05, 4.69) is 15.3 Å². The average Bonchev–Trinajstić information content (AvgIpc) is 3.48. The molecule has 5 rings (SSSR count). The number of carbonyl (C=O) groups excluding carboxylic acids is 1. The summed E-state index contributed by atoms with van der Waals surface area (Å²) in [7, 11) is 0. The standard InChI is InChI=1S/C31H29F4N5O3S/c1-4-43-26-7-6-20(32)14-25(26)40-24(13-18(2)3)21(29(41)39-11-9-36-10-12-39)15-22(30(40)42)28-38-23(17-44-28)19-5-8-27(37-16-19)31(33,34)35/h5-8,13-17,36H,4,9-12H2,1-3H3. The third-order valence-corrected chi connectivity index (χ3v) is 7.72. The highest BCUT2D eigenvalue weighted by molar-refractivity contribution is 7.13. The van der Waals surface area contributed by atoms with Crippen molar-refractivity contribution in [3.8, 4) is 33.3 Å². The van der Waals surface area contributed by atoms with Gasteiger partial charge in [0.05, 0.1) is 34.8 Å². The fourth-order valence-electron chi connectivity index (χ4n) is 4.83. The summed E-state index contributed by atoms with van der Waals surface area (Å²) in [5, 5.41) is 5.04. The lowest BCUT2D eigenvalue weighted by Crippen LogP contribution is -2.47. The molecule has 0 aliphatic carbocycles. The summed E-state index contributed by atoms with van der Waals surface area (Å²) < 4.78 is 60.9. The molecule has 1 fully saturated rings. The van der Waals surface area contributed by atoms with Gasteiger partial charge in [-0.15, -0.1) is 11.3 Å². The first-order chi connectivity index (χ1) is 21.0. The number of pyridine rings is 2. The molecule has 1 saturated heterocycles. The van der Waals surface area contributed by atoms with Crippen molar-refractivity contribution in [1.82, 2.24) is 24.8 Å². The van der Waals surface area contributed by atoms with Crippen molar-refractivity contribution in [1.29, 1.82) is 0 Å². The van der Waals surface area contributed by atoms with Gasteiger partial charge in [0.15, 0.2) is 0 Å². The number of nitrogens with zero attached hydrogens (tertiary/aromatic N) is 4. The van der Waals surface area contributed by atoms with E-state index in [1.807, 2.05) is 13.8 Å². The molecule has 1 amide bonds.